The van der Waals surface area contributed by atoms with Crippen LogP contribution in [0.4, 0.5) is 10.1 Å². The number of nitrogens with zero attached hydrogens (tertiary/aromatic N) is 1. The molecule has 2 N–H and O–H groups in total. The molecule has 5 heteroatoms. The number of halogens is 1. The van der Waals surface area contributed by atoms with Gasteiger partial charge in [-0.05, 0) is 23.6 Å². The van der Waals surface area contributed by atoms with Gasteiger partial charge in [0.25, 0.3) is 5.91 Å². The largest absolute Gasteiger partial charge is 0.320 e. The molecule has 3 nitrogen and oxygen atoms in total. The lowest BCUT2D eigenvalue weighted by Crippen LogP contribution is -2.26. The van der Waals surface area contributed by atoms with E-state index in [0.717, 1.165) is 0 Å². The number of anilines is 1. The molecule has 20 heavy (non-hydrogen) atoms. The fourth-order valence-corrected chi connectivity index (χ4v) is 2.53. The third kappa shape index (κ3) is 2.87. The van der Waals surface area contributed by atoms with Crippen molar-refractivity contribution in [1.29, 1.82) is 0 Å². The monoisotopic (exact) mass is 288 g/mol. The van der Waals surface area contributed by atoms with Gasteiger partial charge in [0.15, 0.2) is 0 Å². The smallest absolute Gasteiger partial charge is 0.269 e. The van der Waals surface area contributed by atoms with Gasteiger partial charge in [-0.15, -0.1) is 11.3 Å². The first-order valence-corrected chi connectivity index (χ1v) is 6.82. The molecule has 0 atom stereocenters. The minimum atomic E-state index is -0.436. The van der Waals surface area contributed by atoms with E-state index in [2.05, 4.69) is 11.8 Å². The molecule has 0 saturated carbocycles. The molecule has 1 aromatic heterocycles. The Kier molecular flexibility index (Phi) is 4.51. The van der Waals surface area contributed by atoms with E-state index in [1.54, 1.807) is 36.7 Å². The van der Waals surface area contributed by atoms with Crippen LogP contribution in [0.1, 0.15) is 15.2 Å². The third-order valence-corrected chi connectivity index (χ3v) is 3.61. The second-order valence-electron chi connectivity index (χ2n) is 3.98. The summed E-state index contributed by atoms with van der Waals surface area (Å²) < 4.78 is 13.7. The summed E-state index contributed by atoms with van der Waals surface area (Å²) in [5.41, 5.74) is 6.19. The van der Waals surface area contributed by atoms with Crippen LogP contribution in [0, 0.1) is 17.7 Å². The highest BCUT2D eigenvalue weighted by Gasteiger charge is 2.19. The summed E-state index contributed by atoms with van der Waals surface area (Å²) in [6, 6.07) is 7.91. The molecule has 1 amide bonds. The van der Waals surface area contributed by atoms with Crippen molar-refractivity contribution < 1.29 is 9.18 Å². The maximum Gasteiger partial charge on any atom is 0.269 e. The lowest BCUT2D eigenvalue weighted by atomic mass is 10.2. The minimum absolute atomic E-state index is 0.229. The molecule has 102 valence electrons. The lowest BCUT2D eigenvalue weighted by Gasteiger charge is -2.17. The Labute approximate surface area is 120 Å². The molecule has 2 rings (SSSR count). The minimum Gasteiger partial charge on any atom is -0.320 e. The summed E-state index contributed by atoms with van der Waals surface area (Å²) >= 11 is 1.28. The second kappa shape index (κ2) is 6.33. The van der Waals surface area contributed by atoms with Crippen molar-refractivity contribution in [2.45, 2.75) is 0 Å². The van der Waals surface area contributed by atoms with Gasteiger partial charge in [0.2, 0.25) is 0 Å². The number of hydrogen-bond acceptors (Lipinski definition) is 3. The number of benzene rings is 1. The predicted molar refractivity (Wildman–Crippen MR) is 79.4 cm³/mol. The molecule has 0 fully saturated rings. The van der Waals surface area contributed by atoms with Gasteiger partial charge in [-0.3, -0.25) is 4.79 Å². The van der Waals surface area contributed by atoms with Crippen LogP contribution in [0.5, 0.6) is 0 Å². The topological polar surface area (TPSA) is 46.3 Å². The van der Waals surface area contributed by atoms with Gasteiger partial charge >= 0.3 is 0 Å². The average molecular weight is 288 g/mol. The van der Waals surface area contributed by atoms with Gasteiger partial charge in [0, 0.05) is 12.6 Å². The summed E-state index contributed by atoms with van der Waals surface area (Å²) in [6.45, 7) is 0.229. The van der Waals surface area contributed by atoms with Crippen LogP contribution in [-0.4, -0.2) is 19.5 Å². The highest BCUT2D eigenvalue weighted by molar-refractivity contribution is 7.12. The lowest BCUT2D eigenvalue weighted by molar-refractivity contribution is 0.0996. The zero-order valence-electron chi connectivity index (χ0n) is 10.9. The van der Waals surface area contributed by atoms with Gasteiger partial charge in [-0.2, -0.15) is 0 Å². The summed E-state index contributed by atoms with van der Waals surface area (Å²) in [7, 11) is 1.54. The van der Waals surface area contributed by atoms with E-state index >= 15 is 0 Å². The molecular formula is C15H13FN2OS. The van der Waals surface area contributed by atoms with Crippen molar-refractivity contribution in [2.75, 3.05) is 18.5 Å². The number of thiophene rings is 1. The van der Waals surface area contributed by atoms with Crippen molar-refractivity contribution in [3.8, 4) is 11.8 Å². The molecule has 0 aliphatic carbocycles. The predicted octanol–water partition coefficient (Wildman–Crippen LogP) is 2.47. The first kappa shape index (κ1) is 14.3. The van der Waals surface area contributed by atoms with Gasteiger partial charge < -0.3 is 10.6 Å². The van der Waals surface area contributed by atoms with E-state index in [1.807, 2.05) is 0 Å². The molecule has 0 aliphatic heterocycles. The number of carbonyl (C=O) groups excluding carboxylic acids is 1. The van der Waals surface area contributed by atoms with Crippen molar-refractivity contribution in [1.82, 2.24) is 0 Å². The van der Waals surface area contributed by atoms with Crippen molar-refractivity contribution in [2.24, 2.45) is 5.73 Å². The summed E-state index contributed by atoms with van der Waals surface area (Å²) in [5, 5.41) is 1.78. The number of nitrogens with two attached hydrogens (primary N) is 1. The number of hydrogen-bond donors (Lipinski definition) is 1. The van der Waals surface area contributed by atoms with E-state index in [9.17, 15) is 9.18 Å². The van der Waals surface area contributed by atoms with Crippen molar-refractivity contribution >= 4 is 22.9 Å². The van der Waals surface area contributed by atoms with E-state index in [1.165, 1.54) is 22.3 Å². The fraction of sp³-hybridized carbons (Fsp3) is 0.133. The number of para-hydroxylation sites is 1. The Hall–Kier alpha value is -2.16. The maximum atomic E-state index is 13.7. The van der Waals surface area contributed by atoms with Crippen LogP contribution >= 0.6 is 11.3 Å². The zero-order valence-corrected chi connectivity index (χ0v) is 11.7. The van der Waals surface area contributed by atoms with Gasteiger partial charge in [0.1, 0.15) is 10.7 Å². The molecule has 0 aliphatic rings. The Bertz CT molecular complexity index is 684. The highest BCUT2D eigenvalue weighted by atomic mass is 32.1. The van der Waals surface area contributed by atoms with Crippen molar-refractivity contribution in [3.63, 3.8) is 0 Å². The maximum absolute atomic E-state index is 13.7. The molecule has 0 saturated heterocycles. The Balaban J connectivity index is 2.33. The Morgan fingerprint density at radius 3 is 2.85 bits per heavy atom. The second-order valence-corrected chi connectivity index (χ2v) is 4.90. The average Bonchev–Trinajstić information content (AvgIpc) is 2.92. The molecule has 0 radical (unpaired) electrons. The summed E-state index contributed by atoms with van der Waals surface area (Å²) in [4.78, 5) is 14.2. The molecule has 0 bridgehead atoms. The van der Waals surface area contributed by atoms with Crippen LogP contribution in [0.2, 0.25) is 0 Å². The first-order valence-electron chi connectivity index (χ1n) is 5.94. The number of rotatable bonds is 2. The molecule has 1 heterocycles. The van der Waals surface area contributed by atoms with Gasteiger partial charge in [0.05, 0.1) is 12.2 Å². The van der Waals surface area contributed by atoms with Gasteiger partial charge in [-0.25, -0.2) is 4.39 Å². The molecule has 0 spiro atoms. The zero-order chi connectivity index (χ0) is 14.5. The SMILES string of the molecule is CN(C(=O)c1sccc1C#CCN)c1ccccc1F. The van der Waals surface area contributed by atoms with Crippen LogP contribution in [-0.2, 0) is 0 Å². The normalized spacial score (nSPS) is 9.75. The quantitative estimate of drug-likeness (QED) is 0.863. The van der Waals surface area contributed by atoms with Crippen LogP contribution < -0.4 is 10.6 Å². The fourth-order valence-electron chi connectivity index (χ4n) is 1.71. The van der Waals surface area contributed by atoms with E-state index in [4.69, 9.17) is 5.73 Å². The summed E-state index contributed by atoms with van der Waals surface area (Å²) in [5.74, 6) is 4.84. The van der Waals surface area contributed by atoms with E-state index in [0.29, 0.717) is 10.4 Å². The Morgan fingerprint density at radius 2 is 2.15 bits per heavy atom. The van der Waals surface area contributed by atoms with E-state index in [-0.39, 0.29) is 18.1 Å². The molecule has 1 aromatic carbocycles. The highest BCUT2D eigenvalue weighted by Crippen LogP contribution is 2.23. The number of carbonyl (C=O) groups is 1. The van der Waals surface area contributed by atoms with E-state index < -0.39 is 5.82 Å². The summed E-state index contributed by atoms with van der Waals surface area (Å²) in [6.07, 6.45) is 0. The van der Waals surface area contributed by atoms with Crippen LogP contribution in [0.15, 0.2) is 35.7 Å². The van der Waals surface area contributed by atoms with Crippen molar-refractivity contribution in [3.05, 3.63) is 52.0 Å². The molecule has 0 unspecified atom stereocenters. The Morgan fingerprint density at radius 1 is 1.40 bits per heavy atom. The molecular weight excluding hydrogens is 275 g/mol. The van der Waals surface area contributed by atoms with Crippen LogP contribution in [0.3, 0.4) is 0 Å². The standard InChI is InChI=1S/C15H13FN2OS/c1-18(13-7-3-2-6-12(13)16)15(19)14-11(5-4-9-17)8-10-20-14/h2-3,6-8,10H,9,17H2,1H3. The first-order chi connectivity index (χ1) is 9.65. The number of amides is 1. The van der Waals surface area contributed by atoms with Gasteiger partial charge in [-0.1, -0.05) is 24.0 Å². The van der Waals surface area contributed by atoms with Crippen LogP contribution in [0.25, 0.3) is 0 Å². The molecule has 2 aromatic rings. The third-order valence-electron chi connectivity index (χ3n) is 2.70.